The van der Waals surface area contributed by atoms with Gasteiger partial charge in [0.2, 0.25) is 5.91 Å². The zero-order valence-electron chi connectivity index (χ0n) is 16.2. The highest BCUT2D eigenvalue weighted by atomic mass is 32.1. The topological polar surface area (TPSA) is 114 Å². The van der Waals surface area contributed by atoms with Crippen LogP contribution >= 0.6 is 11.3 Å². The second kappa shape index (κ2) is 11.0. The summed E-state index contributed by atoms with van der Waals surface area (Å²) in [6.45, 7) is 2.17. The molecule has 9 heteroatoms. The lowest BCUT2D eigenvalue weighted by molar-refractivity contribution is -0.141. The Morgan fingerprint density at radius 3 is 2.24 bits per heavy atom. The van der Waals surface area contributed by atoms with E-state index < -0.39 is 17.8 Å². The van der Waals surface area contributed by atoms with Gasteiger partial charge in [0.25, 0.3) is 0 Å². The largest absolute Gasteiger partial charge is 0.468 e. The molecule has 8 nitrogen and oxygen atoms in total. The molecule has 0 spiro atoms. The number of hydrogen-bond donors (Lipinski definition) is 3. The first-order chi connectivity index (χ1) is 13.9. The number of nitrogens with one attached hydrogen (secondary N) is 3. The lowest BCUT2D eigenvalue weighted by Crippen LogP contribution is -2.34. The second-order valence-corrected chi connectivity index (χ2v) is 7.34. The smallest absolute Gasteiger partial charge is 0.325 e. The maximum absolute atomic E-state index is 12.0. The summed E-state index contributed by atoms with van der Waals surface area (Å²) in [5, 5.41) is 7.54. The van der Waals surface area contributed by atoms with E-state index in [4.69, 9.17) is 0 Å². The predicted octanol–water partition coefficient (Wildman–Crippen LogP) is 1.40. The van der Waals surface area contributed by atoms with E-state index in [0.717, 1.165) is 11.3 Å². The molecule has 0 fully saturated rings. The minimum absolute atomic E-state index is 0.0757. The molecule has 0 atom stereocenters. The Kier molecular flexibility index (Phi) is 8.35. The first kappa shape index (κ1) is 22.1. The highest BCUT2D eigenvalue weighted by Gasteiger charge is 2.14. The third-order valence-electron chi connectivity index (χ3n) is 3.93. The van der Waals surface area contributed by atoms with Gasteiger partial charge in [0.05, 0.1) is 20.1 Å². The van der Waals surface area contributed by atoms with E-state index in [9.17, 15) is 19.2 Å². The Bertz CT molecular complexity index is 876. The van der Waals surface area contributed by atoms with Crippen LogP contribution in [0.5, 0.6) is 0 Å². The van der Waals surface area contributed by atoms with E-state index in [2.05, 4.69) is 27.6 Å². The van der Waals surface area contributed by atoms with Gasteiger partial charge >= 0.3 is 17.8 Å². The van der Waals surface area contributed by atoms with Gasteiger partial charge in [-0.3, -0.25) is 19.2 Å². The van der Waals surface area contributed by atoms with Crippen LogP contribution in [0, 0.1) is 0 Å². The Morgan fingerprint density at radius 2 is 1.62 bits per heavy atom. The molecule has 3 amide bonds. The van der Waals surface area contributed by atoms with Gasteiger partial charge < -0.3 is 20.7 Å². The Balaban J connectivity index is 1.78. The number of carbonyl (C=O) groups excluding carboxylic acids is 4. The van der Waals surface area contributed by atoms with Gasteiger partial charge in [-0.05, 0) is 36.2 Å². The first-order valence-corrected chi connectivity index (χ1v) is 9.82. The van der Waals surface area contributed by atoms with Gasteiger partial charge in [-0.2, -0.15) is 0 Å². The van der Waals surface area contributed by atoms with Crippen LogP contribution in [0.3, 0.4) is 0 Å². The summed E-state index contributed by atoms with van der Waals surface area (Å²) >= 11 is 1.60. The number of anilines is 1. The van der Waals surface area contributed by atoms with E-state index in [0.29, 0.717) is 17.8 Å². The van der Waals surface area contributed by atoms with Crippen LogP contribution < -0.4 is 16.0 Å². The molecule has 0 radical (unpaired) electrons. The number of thiophene rings is 1. The van der Waals surface area contributed by atoms with Crippen molar-refractivity contribution in [1.29, 1.82) is 0 Å². The average Bonchev–Trinajstić information content (AvgIpc) is 3.19. The Morgan fingerprint density at radius 1 is 0.931 bits per heavy atom. The zero-order valence-corrected chi connectivity index (χ0v) is 17.1. The van der Waals surface area contributed by atoms with Gasteiger partial charge in [-0.15, -0.1) is 11.3 Å². The first-order valence-electron chi connectivity index (χ1n) is 9.00. The molecule has 2 rings (SSSR count). The number of benzene rings is 1. The molecule has 2 aromatic rings. The fourth-order valence-corrected chi connectivity index (χ4v) is 3.24. The van der Waals surface area contributed by atoms with Gasteiger partial charge in [0.1, 0.15) is 6.54 Å². The van der Waals surface area contributed by atoms with E-state index in [1.54, 1.807) is 35.6 Å². The van der Waals surface area contributed by atoms with Crippen molar-refractivity contribution in [2.24, 2.45) is 0 Å². The monoisotopic (exact) mass is 417 g/mol. The third-order valence-corrected chi connectivity index (χ3v) is 5.16. The summed E-state index contributed by atoms with van der Waals surface area (Å²) in [6, 6.07) is 10.4. The molecule has 0 unspecified atom stereocenters. The zero-order chi connectivity index (χ0) is 21.2. The normalized spacial score (nSPS) is 10.1. The predicted molar refractivity (Wildman–Crippen MR) is 109 cm³/mol. The van der Waals surface area contributed by atoms with E-state index in [1.807, 2.05) is 12.1 Å². The van der Waals surface area contributed by atoms with Crippen LogP contribution in [-0.4, -0.2) is 37.3 Å². The van der Waals surface area contributed by atoms with Crippen molar-refractivity contribution in [2.45, 2.75) is 26.3 Å². The lowest BCUT2D eigenvalue weighted by atomic mass is 10.1. The van der Waals surface area contributed by atoms with Crippen molar-refractivity contribution < 1.29 is 23.9 Å². The minimum atomic E-state index is -0.763. The van der Waals surface area contributed by atoms with Crippen molar-refractivity contribution in [1.82, 2.24) is 10.6 Å². The molecule has 29 heavy (non-hydrogen) atoms. The van der Waals surface area contributed by atoms with Crippen molar-refractivity contribution in [3.8, 4) is 0 Å². The molecule has 1 heterocycles. The number of methoxy groups -OCH3 is 1. The Hall–Kier alpha value is -3.20. The van der Waals surface area contributed by atoms with Gasteiger partial charge in [0.15, 0.2) is 0 Å². The lowest BCUT2D eigenvalue weighted by Gasteiger charge is -2.07. The summed E-state index contributed by atoms with van der Waals surface area (Å²) < 4.78 is 4.45. The van der Waals surface area contributed by atoms with Crippen molar-refractivity contribution in [3.63, 3.8) is 0 Å². The second-order valence-electron chi connectivity index (χ2n) is 6.08. The van der Waals surface area contributed by atoms with Gasteiger partial charge in [-0.25, -0.2) is 0 Å². The van der Waals surface area contributed by atoms with Crippen LogP contribution in [0.2, 0.25) is 0 Å². The Labute approximate surface area is 172 Å². The summed E-state index contributed by atoms with van der Waals surface area (Å²) in [5.74, 6) is -2.34. The maximum Gasteiger partial charge on any atom is 0.325 e. The summed E-state index contributed by atoms with van der Waals surface area (Å²) in [5.41, 5.74) is 1.13. The highest BCUT2D eigenvalue weighted by molar-refractivity contribution is 7.11. The summed E-state index contributed by atoms with van der Waals surface area (Å²) in [6.07, 6.45) is 1.01. The van der Waals surface area contributed by atoms with E-state index in [-0.39, 0.29) is 18.9 Å². The van der Waals surface area contributed by atoms with Crippen molar-refractivity contribution in [3.05, 3.63) is 51.7 Å². The molecule has 154 valence electrons. The SMILES string of the molecule is CCc1ccc(CNC(=O)C(=O)Nc2ccc(CC(=O)NCC(=O)OC)cc2)s1. The number of ether oxygens (including phenoxy) is 1. The fourth-order valence-electron chi connectivity index (χ4n) is 2.34. The van der Waals surface area contributed by atoms with Crippen molar-refractivity contribution in [2.75, 3.05) is 19.0 Å². The molecule has 0 saturated carbocycles. The number of carbonyl (C=O) groups is 4. The van der Waals surface area contributed by atoms with Crippen LogP contribution in [-0.2, 0) is 43.3 Å². The van der Waals surface area contributed by atoms with Crippen LogP contribution in [0.25, 0.3) is 0 Å². The number of rotatable bonds is 8. The quantitative estimate of drug-likeness (QED) is 0.444. The number of amides is 3. The molecule has 0 aliphatic carbocycles. The van der Waals surface area contributed by atoms with Crippen LogP contribution in [0.4, 0.5) is 5.69 Å². The fraction of sp³-hybridized carbons (Fsp3) is 0.300. The minimum Gasteiger partial charge on any atom is -0.468 e. The summed E-state index contributed by atoms with van der Waals surface area (Å²) in [7, 11) is 1.24. The number of esters is 1. The number of aryl methyl sites for hydroxylation is 1. The molecular formula is C20H23N3O5S. The number of hydrogen-bond acceptors (Lipinski definition) is 6. The van der Waals surface area contributed by atoms with E-state index >= 15 is 0 Å². The van der Waals surface area contributed by atoms with E-state index in [1.165, 1.54) is 12.0 Å². The van der Waals surface area contributed by atoms with Crippen LogP contribution in [0.1, 0.15) is 22.2 Å². The van der Waals surface area contributed by atoms with Crippen molar-refractivity contribution >= 4 is 40.7 Å². The molecular weight excluding hydrogens is 394 g/mol. The highest BCUT2D eigenvalue weighted by Crippen LogP contribution is 2.16. The molecule has 0 saturated heterocycles. The molecule has 1 aromatic heterocycles. The van der Waals surface area contributed by atoms with Crippen LogP contribution in [0.15, 0.2) is 36.4 Å². The maximum atomic E-state index is 12.0. The standard InChI is InChI=1S/C20H23N3O5S/c1-3-15-8-9-16(29-15)11-22-19(26)20(27)23-14-6-4-13(5-7-14)10-17(24)21-12-18(25)28-2/h4-9H,3,10-12H2,1-2H3,(H,21,24)(H,22,26)(H,23,27). The molecule has 0 aliphatic heterocycles. The van der Waals surface area contributed by atoms with Gasteiger partial charge in [-0.1, -0.05) is 19.1 Å². The van der Waals surface area contributed by atoms with Gasteiger partial charge in [0, 0.05) is 15.4 Å². The third kappa shape index (κ3) is 7.38. The molecule has 0 bridgehead atoms. The molecule has 1 aromatic carbocycles. The summed E-state index contributed by atoms with van der Waals surface area (Å²) in [4.78, 5) is 48.9. The molecule has 3 N–H and O–H groups in total. The average molecular weight is 417 g/mol. The molecule has 0 aliphatic rings.